The maximum absolute atomic E-state index is 2.44. The fourth-order valence-corrected chi connectivity index (χ4v) is 1.17. The van der Waals surface area contributed by atoms with Gasteiger partial charge in [0.1, 0.15) is 0 Å². The second-order valence-corrected chi connectivity index (χ2v) is 3.61. The lowest BCUT2D eigenvalue weighted by molar-refractivity contribution is 0.531. The van der Waals surface area contributed by atoms with Crippen molar-refractivity contribution in [2.75, 3.05) is 13.6 Å². The second kappa shape index (κ2) is 4.34. The van der Waals surface area contributed by atoms with E-state index in [2.05, 4.69) is 25.1 Å². The molecule has 44 valence electrons. The van der Waals surface area contributed by atoms with Gasteiger partial charge >= 0.3 is 0 Å². The van der Waals surface area contributed by atoms with Gasteiger partial charge in [-0.2, -0.15) is 0 Å². The average molecular weight is 117 g/mol. The van der Waals surface area contributed by atoms with Crippen molar-refractivity contribution in [1.82, 2.24) is 4.57 Å². The van der Waals surface area contributed by atoms with Crippen LogP contribution < -0.4 is 0 Å². The number of nitrogens with zero attached hydrogens (tertiary/aromatic N) is 1. The molecule has 0 bridgehead atoms. The molecule has 0 aliphatic rings. The summed E-state index contributed by atoms with van der Waals surface area (Å²) in [7, 11) is 2.36. The van der Waals surface area contributed by atoms with Crippen molar-refractivity contribution in [2.24, 2.45) is 0 Å². The molecule has 0 N–H and O–H groups in total. The van der Waals surface area contributed by atoms with E-state index in [9.17, 15) is 0 Å². The zero-order valence-corrected chi connectivity index (χ0v) is 6.98. The molecule has 0 atom stereocenters. The maximum Gasteiger partial charge on any atom is 0.0916 e. The van der Waals surface area contributed by atoms with Crippen molar-refractivity contribution in [3.05, 3.63) is 0 Å². The Morgan fingerprint density at radius 1 is 1.57 bits per heavy atom. The zero-order valence-electron chi connectivity index (χ0n) is 5.57. The number of hydrogen-bond acceptors (Lipinski definition) is 1. The number of rotatable bonds is 3. The summed E-state index contributed by atoms with van der Waals surface area (Å²) in [5, 5.41) is 0. The number of hydrogen-bond donors (Lipinski definition) is 0. The van der Waals surface area contributed by atoms with Crippen molar-refractivity contribution < 1.29 is 0 Å². The van der Waals surface area contributed by atoms with Crippen molar-refractivity contribution in [2.45, 2.75) is 19.9 Å². The molecule has 0 saturated heterocycles. The summed E-state index contributed by atoms with van der Waals surface area (Å²) < 4.78 is 2.44. The Balaban J connectivity index is 2.83. The Hall–Kier alpha value is 0.177. The lowest BCUT2D eigenvalue weighted by Crippen LogP contribution is -2.20. The summed E-state index contributed by atoms with van der Waals surface area (Å²) in [6, 6.07) is 0. The van der Waals surface area contributed by atoms with Crippen molar-refractivity contribution >= 4 is 9.68 Å². The van der Waals surface area contributed by atoms with Gasteiger partial charge in [-0.3, -0.25) is 0 Å². The van der Waals surface area contributed by atoms with Crippen LogP contribution in [0, 0.1) is 0 Å². The second-order valence-electron chi connectivity index (χ2n) is 1.90. The van der Waals surface area contributed by atoms with Crippen LogP contribution in [-0.2, 0) is 0 Å². The van der Waals surface area contributed by atoms with Gasteiger partial charge in [0.05, 0.1) is 9.68 Å². The Morgan fingerprint density at radius 3 is 2.29 bits per heavy atom. The van der Waals surface area contributed by atoms with Crippen LogP contribution in [0.2, 0.25) is 6.55 Å². The molecule has 0 saturated carbocycles. The normalized spacial score (nSPS) is 12.0. The minimum atomic E-state index is 0.161. The quantitative estimate of drug-likeness (QED) is 0.485. The van der Waals surface area contributed by atoms with E-state index in [0.717, 1.165) is 0 Å². The highest BCUT2D eigenvalue weighted by Crippen LogP contribution is 1.80. The molecule has 0 aliphatic heterocycles. The fourth-order valence-electron chi connectivity index (χ4n) is 0.540. The van der Waals surface area contributed by atoms with Crippen LogP contribution >= 0.6 is 0 Å². The topological polar surface area (TPSA) is 3.24 Å². The first-order chi connectivity index (χ1) is 3.31. The predicted molar refractivity (Wildman–Crippen MR) is 37.3 cm³/mol. The molecule has 7 heavy (non-hydrogen) atoms. The van der Waals surface area contributed by atoms with Gasteiger partial charge in [-0.05, 0) is 20.0 Å². The standard InChI is InChI=1S/C5H15NSi/c1-4-5-6(2)7-3/h4-5,7H2,1-3H3. The van der Waals surface area contributed by atoms with Gasteiger partial charge in [0.15, 0.2) is 0 Å². The van der Waals surface area contributed by atoms with Gasteiger partial charge in [-0.15, -0.1) is 0 Å². The Bertz CT molecular complexity index is 39.1. The Labute approximate surface area is 48.6 Å². The molecule has 2 heteroatoms. The van der Waals surface area contributed by atoms with E-state index in [4.69, 9.17) is 0 Å². The molecule has 0 radical (unpaired) electrons. The van der Waals surface area contributed by atoms with E-state index in [1.165, 1.54) is 13.0 Å². The van der Waals surface area contributed by atoms with E-state index in [1.807, 2.05) is 0 Å². The zero-order chi connectivity index (χ0) is 5.70. The van der Waals surface area contributed by atoms with E-state index in [0.29, 0.717) is 0 Å². The van der Waals surface area contributed by atoms with Crippen molar-refractivity contribution in [3.8, 4) is 0 Å². The summed E-state index contributed by atoms with van der Waals surface area (Å²) in [5.41, 5.74) is 0. The van der Waals surface area contributed by atoms with Gasteiger partial charge in [0.25, 0.3) is 0 Å². The van der Waals surface area contributed by atoms with Crippen LogP contribution in [0.4, 0.5) is 0 Å². The fraction of sp³-hybridized carbons (Fsp3) is 1.00. The molecule has 0 aromatic rings. The molecule has 0 heterocycles. The third kappa shape index (κ3) is 4.02. The molecule has 0 amide bonds. The van der Waals surface area contributed by atoms with E-state index >= 15 is 0 Å². The molecule has 0 fully saturated rings. The summed E-state index contributed by atoms with van der Waals surface area (Å²) in [5.74, 6) is 0. The SMILES string of the molecule is CCCN(C)[SiH2]C. The van der Waals surface area contributed by atoms with Crippen molar-refractivity contribution in [3.63, 3.8) is 0 Å². The molecule has 1 nitrogen and oxygen atoms in total. The van der Waals surface area contributed by atoms with Crippen LogP contribution in [-0.4, -0.2) is 27.8 Å². The third-order valence-corrected chi connectivity index (χ3v) is 2.54. The highest BCUT2D eigenvalue weighted by atomic mass is 28.2. The van der Waals surface area contributed by atoms with Gasteiger partial charge < -0.3 is 4.57 Å². The molecular weight excluding hydrogens is 102 g/mol. The largest absolute Gasteiger partial charge is 0.332 e. The van der Waals surface area contributed by atoms with Gasteiger partial charge in [-0.25, -0.2) is 0 Å². The summed E-state index contributed by atoms with van der Waals surface area (Å²) >= 11 is 0. The summed E-state index contributed by atoms with van der Waals surface area (Å²) in [4.78, 5) is 0. The van der Waals surface area contributed by atoms with Crippen LogP contribution in [0.15, 0.2) is 0 Å². The summed E-state index contributed by atoms with van der Waals surface area (Å²) in [6.07, 6.45) is 1.30. The molecule has 0 aromatic heterocycles. The lowest BCUT2D eigenvalue weighted by atomic mass is 10.5. The molecule has 0 spiro atoms. The minimum Gasteiger partial charge on any atom is -0.332 e. The maximum atomic E-state index is 2.44. The first-order valence-electron chi connectivity index (χ1n) is 2.99. The highest BCUT2D eigenvalue weighted by molar-refractivity contribution is 6.29. The molecule has 0 unspecified atom stereocenters. The predicted octanol–water partition coefficient (Wildman–Crippen LogP) is 0.460. The molecule has 0 rings (SSSR count). The minimum absolute atomic E-state index is 0.161. The third-order valence-electron chi connectivity index (χ3n) is 1.15. The van der Waals surface area contributed by atoms with E-state index in [-0.39, 0.29) is 9.68 Å². The van der Waals surface area contributed by atoms with E-state index < -0.39 is 0 Å². The van der Waals surface area contributed by atoms with E-state index in [1.54, 1.807) is 0 Å². The van der Waals surface area contributed by atoms with Gasteiger partial charge in [-0.1, -0.05) is 13.5 Å². The van der Waals surface area contributed by atoms with Crippen LogP contribution in [0.3, 0.4) is 0 Å². The highest BCUT2D eigenvalue weighted by Gasteiger charge is 1.87. The van der Waals surface area contributed by atoms with Crippen molar-refractivity contribution in [1.29, 1.82) is 0 Å². The smallest absolute Gasteiger partial charge is 0.0916 e. The average Bonchev–Trinajstić information content (AvgIpc) is 1.68. The van der Waals surface area contributed by atoms with Crippen LogP contribution in [0.1, 0.15) is 13.3 Å². The van der Waals surface area contributed by atoms with Crippen LogP contribution in [0.5, 0.6) is 0 Å². The Kier molecular flexibility index (Phi) is 4.45. The van der Waals surface area contributed by atoms with Gasteiger partial charge in [0, 0.05) is 0 Å². The lowest BCUT2D eigenvalue weighted by Gasteiger charge is -2.09. The van der Waals surface area contributed by atoms with Gasteiger partial charge in [0.2, 0.25) is 0 Å². The monoisotopic (exact) mass is 117 g/mol. The summed E-state index contributed by atoms with van der Waals surface area (Å²) in [6.45, 7) is 5.83. The van der Waals surface area contributed by atoms with Crippen LogP contribution in [0.25, 0.3) is 0 Å². The molecule has 0 aromatic carbocycles. The first kappa shape index (κ1) is 7.18. The Morgan fingerprint density at radius 2 is 2.14 bits per heavy atom. The molecular formula is C5H15NSi. The first-order valence-corrected chi connectivity index (χ1v) is 5.04. The molecule has 0 aliphatic carbocycles.